The molecule has 0 aliphatic rings. The third kappa shape index (κ3) is 13.0. The number of ether oxygens (including phenoxy) is 2. The lowest BCUT2D eigenvalue weighted by atomic mass is 10.1. The van der Waals surface area contributed by atoms with Crippen LogP contribution in [0.2, 0.25) is 0 Å². The standard InChI is InChI=1S/C20H36N4O2.HI/c1-5-21-20(22-12-14-24(3)13-7-15-25-4)23-16-18-8-10-19(11-9-18)17-26-6-2;/h8-11H,5-7,12-17H2,1-4H3,(H2,21,22,23);1H. The summed E-state index contributed by atoms with van der Waals surface area (Å²) in [7, 11) is 3.87. The van der Waals surface area contributed by atoms with E-state index in [0.717, 1.165) is 51.8 Å². The van der Waals surface area contributed by atoms with Crippen molar-refractivity contribution in [3.8, 4) is 0 Å². The maximum Gasteiger partial charge on any atom is 0.191 e. The van der Waals surface area contributed by atoms with Crippen molar-refractivity contribution in [3.05, 3.63) is 35.4 Å². The molecule has 0 aliphatic carbocycles. The van der Waals surface area contributed by atoms with Crippen molar-refractivity contribution in [2.24, 2.45) is 4.99 Å². The lowest BCUT2D eigenvalue weighted by Crippen LogP contribution is -2.41. The van der Waals surface area contributed by atoms with Crippen LogP contribution in [0.15, 0.2) is 29.3 Å². The van der Waals surface area contributed by atoms with Crippen molar-refractivity contribution in [2.75, 3.05) is 53.6 Å². The molecule has 0 saturated heterocycles. The highest BCUT2D eigenvalue weighted by atomic mass is 127. The molecule has 1 aromatic rings. The molecule has 0 amide bonds. The summed E-state index contributed by atoms with van der Waals surface area (Å²) in [6.07, 6.45) is 1.06. The molecule has 0 aromatic heterocycles. The lowest BCUT2D eigenvalue weighted by Gasteiger charge is -2.18. The van der Waals surface area contributed by atoms with Gasteiger partial charge in [-0.05, 0) is 38.4 Å². The molecule has 0 fully saturated rings. The van der Waals surface area contributed by atoms with E-state index in [2.05, 4.69) is 58.8 Å². The molecule has 0 heterocycles. The number of hydrogen-bond acceptors (Lipinski definition) is 4. The van der Waals surface area contributed by atoms with E-state index in [1.54, 1.807) is 7.11 Å². The van der Waals surface area contributed by atoms with Gasteiger partial charge in [-0.3, -0.25) is 0 Å². The molecule has 156 valence electrons. The third-order valence-electron chi connectivity index (χ3n) is 3.93. The Morgan fingerprint density at radius 1 is 1.07 bits per heavy atom. The van der Waals surface area contributed by atoms with Gasteiger partial charge in [0, 0.05) is 46.5 Å². The van der Waals surface area contributed by atoms with Crippen molar-refractivity contribution >= 4 is 29.9 Å². The molecule has 1 aromatic carbocycles. The molecule has 6 nitrogen and oxygen atoms in total. The lowest BCUT2D eigenvalue weighted by molar-refractivity contribution is 0.134. The van der Waals surface area contributed by atoms with E-state index in [1.165, 1.54) is 11.1 Å². The highest BCUT2D eigenvalue weighted by molar-refractivity contribution is 14.0. The molecule has 2 N–H and O–H groups in total. The summed E-state index contributed by atoms with van der Waals surface area (Å²) in [5.74, 6) is 0.858. The Kier molecular flexibility index (Phi) is 16.6. The van der Waals surface area contributed by atoms with Crippen molar-refractivity contribution in [1.29, 1.82) is 0 Å². The zero-order valence-electron chi connectivity index (χ0n) is 17.3. The molecule has 0 radical (unpaired) electrons. The van der Waals surface area contributed by atoms with Crippen LogP contribution in [0.4, 0.5) is 0 Å². The predicted octanol–water partition coefficient (Wildman–Crippen LogP) is 2.86. The van der Waals surface area contributed by atoms with Crippen LogP contribution < -0.4 is 10.6 Å². The van der Waals surface area contributed by atoms with Gasteiger partial charge in [0.1, 0.15) is 0 Å². The largest absolute Gasteiger partial charge is 0.385 e. The zero-order valence-corrected chi connectivity index (χ0v) is 19.6. The summed E-state index contributed by atoms with van der Waals surface area (Å²) in [5.41, 5.74) is 2.39. The van der Waals surface area contributed by atoms with Gasteiger partial charge in [0.05, 0.1) is 13.2 Å². The maximum atomic E-state index is 5.43. The molecular formula is C20H37IN4O2. The molecule has 1 rings (SSSR count). The van der Waals surface area contributed by atoms with Gasteiger partial charge >= 0.3 is 0 Å². The SMILES string of the molecule is CCNC(=NCc1ccc(COCC)cc1)NCCN(C)CCCOC.I. The molecule has 0 aliphatic heterocycles. The molecule has 0 bridgehead atoms. The number of methoxy groups -OCH3 is 1. The van der Waals surface area contributed by atoms with Crippen LogP contribution in [-0.2, 0) is 22.6 Å². The maximum absolute atomic E-state index is 5.43. The van der Waals surface area contributed by atoms with Gasteiger partial charge in [0.15, 0.2) is 5.96 Å². The van der Waals surface area contributed by atoms with E-state index in [0.29, 0.717) is 13.2 Å². The van der Waals surface area contributed by atoms with Crippen LogP contribution >= 0.6 is 24.0 Å². The Bertz CT molecular complexity index is 497. The monoisotopic (exact) mass is 492 g/mol. The smallest absolute Gasteiger partial charge is 0.191 e. The number of hydrogen-bond donors (Lipinski definition) is 2. The minimum absolute atomic E-state index is 0. The Morgan fingerprint density at radius 3 is 2.41 bits per heavy atom. The Balaban J connectivity index is 0.00000676. The number of aliphatic imine (C=N–C) groups is 1. The van der Waals surface area contributed by atoms with E-state index in [9.17, 15) is 0 Å². The minimum Gasteiger partial charge on any atom is -0.385 e. The highest BCUT2D eigenvalue weighted by Gasteiger charge is 2.01. The van der Waals surface area contributed by atoms with Gasteiger partial charge in [-0.2, -0.15) is 0 Å². The van der Waals surface area contributed by atoms with E-state index in [1.807, 2.05) is 6.92 Å². The summed E-state index contributed by atoms with van der Waals surface area (Å²) >= 11 is 0. The second-order valence-corrected chi connectivity index (χ2v) is 6.23. The number of benzene rings is 1. The first-order chi connectivity index (χ1) is 12.7. The van der Waals surface area contributed by atoms with Crippen LogP contribution in [0, 0.1) is 0 Å². The van der Waals surface area contributed by atoms with E-state index >= 15 is 0 Å². The Labute approximate surface area is 182 Å². The topological polar surface area (TPSA) is 58.1 Å². The minimum atomic E-state index is 0. The molecule has 0 spiro atoms. The Hall–Kier alpha value is -0.900. The number of rotatable bonds is 13. The Morgan fingerprint density at radius 2 is 1.78 bits per heavy atom. The second-order valence-electron chi connectivity index (χ2n) is 6.23. The van der Waals surface area contributed by atoms with Crippen LogP contribution in [0.5, 0.6) is 0 Å². The van der Waals surface area contributed by atoms with Crippen LogP contribution in [0.3, 0.4) is 0 Å². The average molecular weight is 492 g/mol. The zero-order chi connectivity index (χ0) is 19.0. The number of nitrogens with zero attached hydrogens (tertiary/aromatic N) is 2. The van der Waals surface area contributed by atoms with Gasteiger partial charge in [-0.25, -0.2) is 4.99 Å². The number of likely N-dealkylation sites (N-methyl/N-ethyl adjacent to an activating group) is 1. The molecule has 0 saturated carbocycles. The quantitative estimate of drug-likeness (QED) is 0.192. The van der Waals surface area contributed by atoms with Gasteiger partial charge in [-0.15, -0.1) is 24.0 Å². The summed E-state index contributed by atoms with van der Waals surface area (Å²) in [6, 6.07) is 8.45. The first-order valence-electron chi connectivity index (χ1n) is 9.54. The van der Waals surface area contributed by atoms with Gasteiger partial charge in [-0.1, -0.05) is 24.3 Å². The summed E-state index contributed by atoms with van der Waals surface area (Å²) in [4.78, 5) is 6.97. The fourth-order valence-electron chi connectivity index (χ4n) is 2.43. The molecular weight excluding hydrogens is 455 g/mol. The predicted molar refractivity (Wildman–Crippen MR) is 124 cm³/mol. The molecule has 7 heteroatoms. The first-order valence-corrected chi connectivity index (χ1v) is 9.54. The molecule has 0 unspecified atom stereocenters. The average Bonchev–Trinajstić information content (AvgIpc) is 2.65. The fourth-order valence-corrected chi connectivity index (χ4v) is 2.43. The second kappa shape index (κ2) is 17.2. The van der Waals surface area contributed by atoms with E-state index < -0.39 is 0 Å². The van der Waals surface area contributed by atoms with Gasteiger partial charge in [0.2, 0.25) is 0 Å². The normalized spacial score (nSPS) is 11.4. The highest BCUT2D eigenvalue weighted by Crippen LogP contribution is 2.07. The number of nitrogens with one attached hydrogen (secondary N) is 2. The summed E-state index contributed by atoms with van der Waals surface area (Å²) < 4.78 is 10.5. The summed E-state index contributed by atoms with van der Waals surface area (Å²) in [5, 5.41) is 6.70. The number of guanidine groups is 1. The van der Waals surface area contributed by atoms with E-state index in [4.69, 9.17) is 9.47 Å². The van der Waals surface area contributed by atoms with Crippen LogP contribution in [0.1, 0.15) is 31.4 Å². The van der Waals surface area contributed by atoms with Crippen molar-refractivity contribution in [1.82, 2.24) is 15.5 Å². The van der Waals surface area contributed by atoms with Crippen molar-refractivity contribution in [2.45, 2.75) is 33.4 Å². The van der Waals surface area contributed by atoms with Gasteiger partial charge < -0.3 is 25.0 Å². The molecule has 27 heavy (non-hydrogen) atoms. The fraction of sp³-hybridized carbons (Fsp3) is 0.650. The van der Waals surface area contributed by atoms with Crippen LogP contribution in [-0.4, -0.2) is 64.4 Å². The van der Waals surface area contributed by atoms with Crippen molar-refractivity contribution in [3.63, 3.8) is 0 Å². The molecule has 0 atom stereocenters. The van der Waals surface area contributed by atoms with E-state index in [-0.39, 0.29) is 24.0 Å². The number of halogens is 1. The summed E-state index contributed by atoms with van der Waals surface area (Å²) in [6.45, 7) is 10.7. The first kappa shape index (κ1) is 26.1. The third-order valence-corrected chi connectivity index (χ3v) is 3.93. The van der Waals surface area contributed by atoms with Crippen LogP contribution in [0.25, 0.3) is 0 Å². The van der Waals surface area contributed by atoms with Crippen molar-refractivity contribution < 1.29 is 9.47 Å². The van der Waals surface area contributed by atoms with Gasteiger partial charge in [0.25, 0.3) is 0 Å².